The predicted octanol–water partition coefficient (Wildman–Crippen LogP) is 1.79. The molecule has 0 saturated carbocycles. The fourth-order valence-corrected chi connectivity index (χ4v) is 1.63. The highest BCUT2D eigenvalue weighted by molar-refractivity contribution is 5.75. The summed E-state index contributed by atoms with van der Waals surface area (Å²) in [7, 11) is 1.80. The van der Waals surface area contributed by atoms with Gasteiger partial charge in [-0.1, -0.05) is 30.3 Å². The van der Waals surface area contributed by atoms with E-state index in [0.29, 0.717) is 26.2 Å². The summed E-state index contributed by atoms with van der Waals surface area (Å²) in [5.74, 6) is 0.126. The number of carbonyl (C=O) groups is 1. The smallest absolute Gasteiger partial charge is 0.222 e. The van der Waals surface area contributed by atoms with Gasteiger partial charge in [-0.2, -0.15) is 0 Å². The lowest BCUT2D eigenvalue weighted by Gasteiger charge is -2.17. The maximum absolute atomic E-state index is 11.7. The molecule has 4 heteroatoms. The first-order valence-electron chi connectivity index (χ1n) is 6.71. The Morgan fingerprint density at radius 3 is 2.68 bits per heavy atom. The van der Waals surface area contributed by atoms with Crippen LogP contribution in [0, 0.1) is 0 Å². The largest absolute Gasteiger partial charge is 0.375 e. The minimum absolute atomic E-state index is 0.0756. The van der Waals surface area contributed by atoms with Crippen molar-refractivity contribution in [3.63, 3.8) is 0 Å². The topological polar surface area (TPSA) is 55.6 Å². The van der Waals surface area contributed by atoms with E-state index in [1.54, 1.807) is 11.9 Å². The molecule has 0 saturated heterocycles. The van der Waals surface area contributed by atoms with Gasteiger partial charge in [-0.3, -0.25) is 4.79 Å². The lowest BCUT2D eigenvalue weighted by atomic mass is 10.2. The van der Waals surface area contributed by atoms with Crippen molar-refractivity contribution in [2.45, 2.75) is 32.4 Å². The van der Waals surface area contributed by atoms with Crippen molar-refractivity contribution in [2.24, 2.45) is 5.73 Å². The summed E-state index contributed by atoms with van der Waals surface area (Å²) in [5, 5.41) is 0. The zero-order chi connectivity index (χ0) is 14.1. The van der Waals surface area contributed by atoms with E-state index in [9.17, 15) is 4.79 Å². The molecule has 0 bridgehead atoms. The van der Waals surface area contributed by atoms with Crippen molar-refractivity contribution in [2.75, 3.05) is 20.2 Å². The fourth-order valence-electron chi connectivity index (χ4n) is 1.63. The van der Waals surface area contributed by atoms with Gasteiger partial charge in [0.2, 0.25) is 5.91 Å². The number of nitrogens with two attached hydrogens (primary N) is 1. The molecule has 0 aliphatic rings. The van der Waals surface area contributed by atoms with Gasteiger partial charge in [0.25, 0.3) is 0 Å². The molecule has 19 heavy (non-hydrogen) atoms. The summed E-state index contributed by atoms with van der Waals surface area (Å²) in [6, 6.07) is 10.1. The standard InChI is InChI=1S/C15H24N2O2/c1-13(16)8-9-15(18)17(2)10-11-19-12-14-6-4-3-5-7-14/h3-7,13H,8-12,16H2,1-2H3. The monoisotopic (exact) mass is 264 g/mol. The Morgan fingerprint density at radius 1 is 1.37 bits per heavy atom. The highest BCUT2D eigenvalue weighted by Crippen LogP contribution is 2.01. The van der Waals surface area contributed by atoms with Gasteiger partial charge < -0.3 is 15.4 Å². The van der Waals surface area contributed by atoms with Crippen molar-refractivity contribution >= 4 is 5.91 Å². The van der Waals surface area contributed by atoms with Gasteiger partial charge in [0, 0.05) is 26.1 Å². The highest BCUT2D eigenvalue weighted by atomic mass is 16.5. The second kappa shape index (κ2) is 8.67. The average Bonchev–Trinajstić information content (AvgIpc) is 2.41. The maximum Gasteiger partial charge on any atom is 0.222 e. The van der Waals surface area contributed by atoms with Crippen LogP contribution in [0.4, 0.5) is 0 Å². The molecule has 1 atom stereocenters. The van der Waals surface area contributed by atoms with Gasteiger partial charge in [0.1, 0.15) is 0 Å². The van der Waals surface area contributed by atoms with Crippen LogP contribution in [0.5, 0.6) is 0 Å². The second-order valence-corrected chi connectivity index (χ2v) is 4.87. The van der Waals surface area contributed by atoms with Crippen LogP contribution < -0.4 is 5.73 Å². The van der Waals surface area contributed by atoms with Crippen molar-refractivity contribution in [1.82, 2.24) is 4.90 Å². The van der Waals surface area contributed by atoms with E-state index < -0.39 is 0 Å². The summed E-state index contributed by atoms with van der Waals surface area (Å²) >= 11 is 0. The Hall–Kier alpha value is -1.39. The molecule has 0 heterocycles. The zero-order valence-corrected chi connectivity index (χ0v) is 11.8. The van der Waals surface area contributed by atoms with Crippen LogP contribution in [0.3, 0.4) is 0 Å². The fraction of sp³-hybridized carbons (Fsp3) is 0.533. The first kappa shape index (κ1) is 15.7. The molecule has 1 rings (SSSR count). The predicted molar refractivity (Wildman–Crippen MR) is 76.6 cm³/mol. The molecule has 4 nitrogen and oxygen atoms in total. The molecular formula is C15H24N2O2. The van der Waals surface area contributed by atoms with E-state index in [4.69, 9.17) is 10.5 Å². The molecule has 0 aromatic heterocycles. The number of likely N-dealkylation sites (N-methyl/N-ethyl adjacent to an activating group) is 1. The Morgan fingerprint density at radius 2 is 2.05 bits per heavy atom. The van der Waals surface area contributed by atoms with Crippen LogP contribution in [0.25, 0.3) is 0 Å². The van der Waals surface area contributed by atoms with Gasteiger partial charge in [0.15, 0.2) is 0 Å². The lowest BCUT2D eigenvalue weighted by Crippen LogP contribution is -2.31. The third kappa shape index (κ3) is 6.94. The number of benzene rings is 1. The summed E-state index contributed by atoms with van der Waals surface area (Å²) < 4.78 is 5.55. The van der Waals surface area contributed by atoms with E-state index in [2.05, 4.69) is 0 Å². The molecule has 0 radical (unpaired) electrons. The van der Waals surface area contributed by atoms with E-state index in [0.717, 1.165) is 12.0 Å². The normalized spacial score (nSPS) is 12.2. The van der Waals surface area contributed by atoms with Crippen LogP contribution in [0.2, 0.25) is 0 Å². The summed E-state index contributed by atoms with van der Waals surface area (Å²) in [4.78, 5) is 13.4. The molecule has 0 aliphatic heterocycles. The second-order valence-electron chi connectivity index (χ2n) is 4.87. The molecule has 106 valence electrons. The summed E-state index contributed by atoms with van der Waals surface area (Å²) in [5.41, 5.74) is 6.78. The van der Waals surface area contributed by atoms with Crippen molar-refractivity contribution in [1.29, 1.82) is 0 Å². The molecule has 0 aliphatic carbocycles. The van der Waals surface area contributed by atoms with Gasteiger partial charge >= 0.3 is 0 Å². The highest BCUT2D eigenvalue weighted by Gasteiger charge is 2.09. The van der Waals surface area contributed by atoms with Gasteiger partial charge in [-0.25, -0.2) is 0 Å². The van der Waals surface area contributed by atoms with Crippen LogP contribution in [0.15, 0.2) is 30.3 Å². The van der Waals surface area contributed by atoms with E-state index >= 15 is 0 Å². The third-order valence-electron chi connectivity index (χ3n) is 2.92. The number of hydrogen-bond donors (Lipinski definition) is 1. The molecule has 1 unspecified atom stereocenters. The quantitative estimate of drug-likeness (QED) is 0.728. The molecular weight excluding hydrogens is 240 g/mol. The molecule has 2 N–H and O–H groups in total. The molecule has 1 amide bonds. The Bertz CT molecular complexity index is 366. The first-order chi connectivity index (χ1) is 9.09. The Kier molecular flexibility index (Phi) is 7.15. The minimum Gasteiger partial charge on any atom is -0.375 e. The van der Waals surface area contributed by atoms with Gasteiger partial charge in [0.05, 0.1) is 13.2 Å². The SMILES string of the molecule is CC(N)CCC(=O)N(C)CCOCc1ccccc1. The van der Waals surface area contributed by atoms with Gasteiger partial charge in [-0.05, 0) is 18.9 Å². The van der Waals surface area contributed by atoms with Crippen LogP contribution in [-0.4, -0.2) is 37.0 Å². The van der Waals surface area contributed by atoms with Crippen molar-refractivity contribution in [3.05, 3.63) is 35.9 Å². The summed E-state index contributed by atoms with van der Waals surface area (Å²) in [6.45, 7) is 3.67. The third-order valence-corrected chi connectivity index (χ3v) is 2.92. The number of nitrogens with zero attached hydrogens (tertiary/aromatic N) is 1. The molecule has 0 fully saturated rings. The Labute approximate surface area is 115 Å². The molecule has 1 aromatic rings. The maximum atomic E-state index is 11.7. The summed E-state index contributed by atoms with van der Waals surface area (Å²) in [6.07, 6.45) is 1.24. The van der Waals surface area contributed by atoms with E-state index in [-0.39, 0.29) is 11.9 Å². The van der Waals surface area contributed by atoms with Crippen LogP contribution in [0.1, 0.15) is 25.3 Å². The first-order valence-corrected chi connectivity index (χ1v) is 6.71. The number of ether oxygens (including phenoxy) is 1. The minimum atomic E-state index is 0.0756. The zero-order valence-electron chi connectivity index (χ0n) is 11.8. The van der Waals surface area contributed by atoms with Crippen LogP contribution in [-0.2, 0) is 16.1 Å². The van der Waals surface area contributed by atoms with Crippen LogP contribution >= 0.6 is 0 Å². The molecule has 0 spiro atoms. The Balaban J connectivity index is 2.13. The lowest BCUT2D eigenvalue weighted by molar-refractivity contribution is -0.130. The van der Waals surface area contributed by atoms with E-state index in [1.807, 2.05) is 37.3 Å². The van der Waals surface area contributed by atoms with Gasteiger partial charge in [-0.15, -0.1) is 0 Å². The number of carbonyl (C=O) groups excluding carboxylic acids is 1. The molecule has 1 aromatic carbocycles. The average molecular weight is 264 g/mol. The van der Waals surface area contributed by atoms with E-state index in [1.165, 1.54) is 0 Å². The number of hydrogen-bond acceptors (Lipinski definition) is 3. The van der Waals surface area contributed by atoms with Crippen molar-refractivity contribution in [3.8, 4) is 0 Å². The van der Waals surface area contributed by atoms with Crippen molar-refractivity contribution < 1.29 is 9.53 Å². The number of amides is 1. The number of rotatable bonds is 8.